The lowest BCUT2D eigenvalue weighted by Crippen LogP contribution is -2.40. The first-order valence-corrected chi connectivity index (χ1v) is 6.61. The summed E-state index contributed by atoms with van der Waals surface area (Å²) in [7, 11) is 0. The maximum atomic E-state index is 12.1. The quantitative estimate of drug-likeness (QED) is 0.798. The fourth-order valence-corrected chi connectivity index (χ4v) is 1.98. The van der Waals surface area contributed by atoms with Crippen molar-refractivity contribution < 1.29 is 14.7 Å². The first-order chi connectivity index (χ1) is 10.1. The molecule has 1 heterocycles. The Hall–Kier alpha value is -2.69. The van der Waals surface area contributed by atoms with E-state index in [4.69, 9.17) is 5.11 Å². The summed E-state index contributed by atoms with van der Waals surface area (Å²) in [5, 5.41) is 12.4. The van der Waals surface area contributed by atoms with Crippen molar-refractivity contribution in [3.8, 4) is 0 Å². The molecule has 21 heavy (non-hydrogen) atoms. The number of allylic oxidation sites excluding steroid dienone is 1. The number of aromatic nitrogens is 1. The van der Waals surface area contributed by atoms with Gasteiger partial charge in [-0.2, -0.15) is 0 Å². The number of para-hydroxylation sites is 1. The van der Waals surface area contributed by atoms with E-state index in [1.54, 1.807) is 12.1 Å². The van der Waals surface area contributed by atoms with Crippen molar-refractivity contribution in [2.75, 3.05) is 0 Å². The van der Waals surface area contributed by atoms with E-state index in [0.29, 0.717) is 18.4 Å². The van der Waals surface area contributed by atoms with Crippen molar-refractivity contribution >= 4 is 22.8 Å². The lowest BCUT2D eigenvalue weighted by molar-refractivity contribution is -0.139. The molecule has 0 saturated carbocycles. The summed E-state index contributed by atoms with van der Waals surface area (Å²) in [5.74, 6) is -1.50. The van der Waals surface area contributed by atoms with E-state index in [2.05, 4.69) is 16.9 Å². The number of carbonyl (C=O) groups excluding carboxylic acids is 1. The molecule has 0 unspecified atom stereocenters. The molecule has 1 amide bonds. The number of carbonyl (C=O) groups is 2. The van der Waals surface area contributed by atoms with E-state index in [9.17, 15) is 9.59 Å². The van der Waals surface area contributed by atoms with E-state index < -0.39 is 17.9 Å². The Labute approximate surface area is 122 Å². The van der Waals surface area contributed by atoms with Gasteiger partial charge in [-0.25, -0.2) is 4.79 Å². The van der Waals surface area contributed by atoms with E-state index in [1.165, 1.54) is 6.20 Å². The van der Waals surface area contributed by atoms with Gasteiger partial charge in [0.1, 0.15) is 6.04 Å². The molecule has 0 bridgehead atoms. The van der Waals surface area contributed by atoms with Crippen LogP contribution < -0.4 is 5.32 Å². The third kappa shape index (κ3) is 3.66. The maximum absolute atomic E-state index is 12.1. The maximum Gasteiger partial charge on any atom is 0.326 e. The summed E-state index contributed by atoms with van der Waals surface area (Å²) >= 11 is 0. The van der Waals surface area contributed by atoms with Gasteiger partial charge in [-0.1, -0.05) is 24.3 Å². The van der Waals surface area contributed by atoms with Crippen LogP contribution in [0.3, 0.4) is 0 Å². The second-order valence-corrected chi connectivity index (χ2v) is 4.65. The van der Waals surface area contributed by atoms with Gasteiger partial charge in [0.15, 0.2) is 0 Å². The number of hydrogen-bond donors (Lipinski definition) is 2. The average Bonchev–Trinajstić information content (AvgIpc) is 2.50. The van der Waals surface area contributed by atoms with Gasteiger partial charge in [0, 0.05) is 11.6 Å². The second kappa shape index (κ2) is 6.65. The molecule has 0 aliphatic carbocycles. The van der Waals surface area contributed by atoms with Crippen molar-refractivity contribution in [3.63, 3.8) is 0 Å². The lowest BCUT2D eigenvalue weighted by atomic mass is 10.1. The summed E-state index contributed by atoms with van der Waals surface area (Å²) < 4.78 is 0. The van der Waals surface area contributed by atoms with Crippen LogP contribution in [0.15, 0.2) is 49.2 Å². The van der Waals surface area contributed by atoms with Crippen molar-refractivity contribution in [3.05, 3.63) is 54.7 Å². The summed E-state index contributed by atoms with van der Waals surface area (Å²) in [6, 6.07) is 8.19. The van der Waals surface area contributed by atoms with Gasteiger partial charge in [-0.15, -0.1) is 6.58 Å². The van der Waals surface area contributed by atoms with Crippen LogP contribution in [0.4, 0.5) is 0 Å². The molecular weight excluding hydrogens is 268 g/mol. The zero-order valence-corrected chi connectivity index (χ0v) is 11.5. The van der Waals surface area contributed by atoms with Crippen LogP contribution in [-0.4, -0.2) is 28.0 Å². The number of rotatable bonds is 6. The number of pyridine rings is 1. The highest BCUT2D eigenvalue weighted by Crippen LogP contribution is 2.13. The Balaban J connectivity index is 2.16. The molecule has 5 nitrogen and oxygen atoms in total. The van der Waals surface area contributed by atoms with Crippen molar-refractivity contribution in [2.24, 2.45) is 0 Å². The predicted molar refractivity (Wildman–Crippen MR) is 80.1 cm³/mol. The number of carboxylic acid groups (broad SMARTS) is 1. The fraction of sp³-hybridized carbons (Fsp3) is 0.188. The molecular formula is C16H16N2O3. The molecule has 0 saturated heterocycles. The monoisotopic (exact) mass is 284 g/mol. The van der Waals surface area contributed by atoms with Crippen molar-refractivity contribution in [1.29, 1.82) is 0 Å². The van der Waals surface area contributed by atoms with Crippen molar-refractivity contribution in [1.82, 2.24) is 10.3 Å². The van der Waals surface area contributed by atoms with Gasteiger partial charge in [0.05, 0.1) is 11.1 Å². The Bertz CT molecular complexity index is 682. The minimum Gasteiger partial charge on any atom is -0.480 e. The Morgan fingerprint density at radius 1 is 1.38 bits per heavy atom. The molecule has 1 aromatic heterocycles. The minimum absolute atomic E-state index is 0.311. The number of nitrogens with zero attached hydrogens (tertiary/aromatic N) is 1. The van der Waals surface area contributed by atoms with E-state index >= 15 is 0 Å². The third-order valence-electron chi connectivity index (χ3n) is 3.12. The summed E-state index contributed by atoms with van der Waals surface area (Å²) in [5.41, 5.74) is 1.13. The zero-order chi connectivity index (χ0) is 15.2. The van der Waals surface area contributed by atoms with Crippen LogP contribution >= 0.6 is 0 Å². The van der Waals surface area contributed by atoms with Crippen LogP contribution in [0, 0.1) is 0 Å². The molecule has 2 aromatic rings. The Morgan fingerprint density at radius 3 is 2.86 bits per heavy atom. The molecule has 1 aromatic carbocycles. The van der Waals surface area contributed by atoms with Crippen LogP contribution in [0.2, 0.25) is 0 Å². The summed E-state index contributed by atoms with van der Waals surface area (Å²) in [6.07, 6.45) is 3.91. The van der Waals surface area contributed by atoms with Gasteiger partial charge in [-0.05, 0) is 25.0 Å². The van der Waals surface area contributed by atoms with Gasteiger partial charge in [0.2, 0.25) is 0 Å². The zero-order valence-electron chi connectivity index (χ0n) is 11.5. The van der Waals surface area contributed by atoms with Crippen LogP contribution in [0.5, 0.6) is 0 Å². The lowest BCUT2D eigenvalue weighted by Gasteiger charge is -2.13. The van der Waals surface area contributed by atoms with Gasteiger partial charge >= 0.3 is 5.97 Å². The summed E-state index contributed by atoms with van der Waals surface area (Å²) in [4.78, 5) is 27.4. The van der Waals surface area contributed by atoms with Gasteiger partial charge < -0.3 is 10.4 Å². The van der Waals surface area contributed by atoms with Crippen LogP contribution in [-0.2, 0) is 4.79 Å². The predicted octanol–water partition coefficient (Wildman–Crippen LogP) is 2.38. The number of fused-ring (bicyclic) bond motifs is 1. The van der Waals surface area contributed by atoms with E-state index in [-0.39, 0.29) is 0 Å². The molecule has 0 fully saturated rings. The number of benzene rings is 1. The van der Waals surface area contributed by atoms with Crippen LogP contribution in [0.1, 0.15) is 23.2 Å². The first kappa shape index (κ1) is 14.7. The van der Waals surface area contributed by atoms with E-state index in [0.717, 1.165) is 10.9 Å². The Kier molecular flexibility index (Phi) is 4.66. The molecule has 2 N–H and O–H groups in total. The molecule has 0 radical (unpaired) electrons. The fourth-order valence-electron chi connectivity index (χ4n) is 1.98. The number of hydrogen-bond acceptors (Lipinski definition) is 3. The molecule has 0 aliphatic rings. The summed E-state index contributed by atoms with van der Waals surface area (Å²) in [6.45, 7) is 3.55. The highest BCUT2D eigenvalue weighted by Gasteiger charge is 2.20. The third-order valence-corrected chi connectivity index (χ3v) is 3.12. The standard InChI is InChI=1S/C16H16N2O3/c1-2-3-7-14(16(20)21)18-15(19)12-9-11-6-4-5-8-13(11)17-10-12/h2,4-6,8-10,14H,1,3,7H2,(H,18,19)(H,20,21)/t14-/m0/s1. The molecule has 0 aliphatic heterocycles. The van der Waals surface area contributed by atoms with Crippen LogP contribution in [0.25, 0.3) is 10.9 Å². The van der Waals surface area contributed by atoms with Gasteiger partial charge in [-0.3, -0.25) is 9.78 Å². The van der Waals surface area contributed by atoms with Crippen molar-refractivity contribution in [2.45, 2.75) is 18.9 Å². The second-order valence-electron chi connectivity index (χ2n) is 4.65. The highest BCUT2D eigenvalue weighted by atomic mass is 16.4. The number of aliphatic carboxylic acids is 1. The molecule has 5 heteroatoms. The highest BCUT2D eigenvalue weighted by molar-refractivity contribution is 5.99. The van der Waals surface area contributed by atoms with Gasteiger partial charge in [0.25, 0.3) is 5.91 Å². The SMILES string of the molecule is C=CCC[C@H](NC(=O)c1cnc2ccccc2c1)C(=O)O. The number of carboxylic acids is 1. The smallest absolute Gasteiger partial charge is 0.326 e. The Morgan fingerprint density at radius 2 is 2.14 bits per heavy atom. The topological polar surface area (TPSA) is 79.3 Å². The minimum atomic E-state index is -1.06. The first-order valence-electron chi connectivity index (χ1n) is 6.61. The molecule has 2 rings (SSSR count). The molecule has 0 spiro atoms. The number of nitrogens with one attached hydrogen (secondary N) is 1. The van der Waals surface area contributed by atoms with E-state index in [1.807, 2.05) is 24.3 Å². The molecule has 108 valence electrons. The average molecular weight is 284 g/mol. The normalized spacial score (nSPS) is 11.8. The molecule has 1 atom stereocenters. The largest absolute Gasteiger partial charge is 0.480 e. The number of amides is 1.